The zero-order chi connectivity index (χ0) is 21.6. The monoisotopic (exact) mass is 425 g/mol. The first kappa shape index (κ1) is 22.9. The maximum absolute atomic E-state index is 12.7. The summed E-state index contributed by atoms with van der Waals surface area (Å²) in [4.78, 5) is 9.47. The van der Waals surface area contributed by atoms with Crippen LogP contribution in [0.15, 0.2) is 29.3 Å². The van der Waals surface area contributed by atoms with Gasteiger partial charge in [0.1, 0.15) is 0 Å². The molecule has 2 aliphatic rings. The van der Waals surface area contributed by atoms with Crippen LogP contribution in [0.1, 0.15) is 37.3 Å². The van der Waals surface area contributed by atoms with Crippen molar-refractivity contribution in [3.63, 3.8) is 0 Å². The van der Waals surface area contributed by atoms with Gasteiger partial charge in [-0.25, -0.2) is 0 Å². The van der Waals surface area contributed by atoms with Crippen LogP contribution in [-0.2, 0) is 12.7 Å². The minimum atomic E-state index is -4.28. The molecule has 1 aromatic carbocycles. The third-order valence-electron chi connectivity index (χ3n) is 5.99. The largest absolute Gasteiger partial charge is 0.416 e. The predicted molar refractivity (Wildman–Crippen MR) is 114 cm³/mol. The molecule has 0 radical (unpaired) electrons. The Hall–Kier alpha value is -1.80. The van der Waals surface area contributed by atoms with Gasteiger partial charge in [-0.1, -0.05) is 12.1 Å². The molecule has 8 heteroatoms. The first-order valence-corrected chi connectivity index (χ1v) is 11.0. The SMILES string of the molecule is CCNC(=NCC1CCN(C)CC1)NC1CCN(Cc2ccc(C(F)(F)F)cc2)C1. The van der Waals surface area contributed by atoms with E-state index in [9.17, 15) is 13.2 Å². The highest BCUT2D eigenvalue weighted by Gasteiger charge is 2.30. The molecule has 2 N–H and O–H groups in total. The van der Waals surface area contributed by atoms with Crippen molar-refractivity contribution < 1.29 is 13.2 Å². The summed E-state index contributed by atoms with van der Waals surface area (Å²) in [7, 11) is 2.17. The van der Waals surface area contributed by atoms with Crippen LogP contribution in [0.4, 0.5) is 13.2 Å². The van der Waals surface area contributed by atoms with Gasteiger partial charge in [-0.2, -0.15) is 13.2 Å². The Bertz CT molecular complexity index is 681. The van der Waals surface area contributed by atoms with Gasteiger partial charge in [-0.15, -0.1) is 0 Å². The van der Waals surface area contributed by atoms with Gasteiger partial charge in [0.05, 0.1) is 5.56 Å². The van der Waals surface area contributed by atoms with Crippen LogP contribution in [0.5, 0.6) is 0 Å². The third kappa shape index (κ3) is 6.87. The van der Waals surface area contributed by atoms with E-state index in [-0.39, 0.29) is 0 Å². The highest BCUT2D eigenvalue weighted by molar-refractivity contribution is 5.80. The number of piperidine rings is 1. The standard InChI is InChI=1S/C22H34F3N5/c1-3-26-21(27-14-17-8-11-29(2)12-9-17)28-20-10-13-30(16-20)15-18-4-6-19(7-5-18)22(23,24)25/h4-7,17,20H,3,8-16H2,1-2H3,(H2,26,27,28). The van der Waals surface area contributed by atoms with E-state index in [1.54, 1.807) is 12.1 Å². The third-order valence-corrected chi connectivity index (χ3v) is 5.99. The molecular weight excluding hydrogens is 391 g/mol. The summed E-state index contributed by atoms with van der Waals surface area (Å²) in [5.74, 6) is 1.52. The minimum Gasteiger partial charge on any atom is -0.357 e. The Morgan fingerprint density at radius 2 is 1.80 bits per heavy atom. The molecule has 0 spiro atoms. The highest BCUT2D eigenvalue weighted by atomic mass is 19.4. The maximum Gasteiger partial charge on any atom is 0.416 e. The predicted octanol–water partition coefficient (Wildman–Crippen LogP) is 3.18. The zero-order valence-corrected chi connectivity index (χ0v) is 18.0. The number of guanidine groups is 1. The fraction of sp³-hybridized carbons (Fsp3) is 0.682. The molecule has 168 valence electrons. The Morgan fingerprint density at radius 3 is 2.43 bits per heavy atom. The number of hydrogen-bond acceptors (Lipinski definition) is 3. The number of rotatable bonds is 6. The smallest absolute Gasteiger partial charge is 0.357 e. The van der Waals surface area contributed by atoms with Crippen molar-refractivity contribution in [3.8, 4) is 0 Å². The Labute approximate surface area is 177 Å². The summed E-state index contributed by atoms with van der Waals surface area (Å²) in [5.41, 5.74) is 0.315. The van der Waals surface area contributed by atoms with E-state index < -0.39 is 11.7 Å². The summed E-state index contributed by atoms with van der Waals surface area (Å²) < 4.78 is 38.2. The van der Waals surface area contributed by atoms with Gasteiger partial charge in [-0.3, -0.25) is 9.89 Å². The second-order valence-corrected chi connectivity index (χ2v) is 8.53. The van der Waals surface area contributed by atoms with Crippen LogP contribution in [0.25, 0.3) is 0 Å². The summed E-state index contributed by atoms with van der Waals surface area (Å²) in [5, 5.41) is 6.89. The average molecular weight is 426 g/mol. The Balaban J connectivity index is 1.47. The van der Waals surface area contributed by atoms with E-state index in [0.717, 1.165) is 57.2 Å². The molecular formula is C22H34F3N5. The van der Waals surface area contributed by atoms with Gasteiger partial charge in [0.2, 0.25) is 0 Å². The van der Waals surface area contributed by atoms with E-state index in [1.165, 1.54) is 25.0 Å². The Morgan fingerprint density at radius 1 is 1.10 bits per heavy atom. The van der Waals surface area contributed by atoms with E-state index >= 15 is 0 Å². The van der Waals surface area contributed by atoms with Crippen molar-refractivity contribution >= 4 is 5.96 Å². The van der Waals surface area contributed by atoms with Crippen LogP contribution < -0.4 is 10.6 Å². The lowest BCUT2D eigenvalue weighted by atomic mass is 9.97. The number of benzene rings is 1. The molecule has 0 aromatic heterocycles. The minimum absolute atomic E-state index is 0.301. The summed E-state index contributed by atoms with van der Waals surface area (Å²) >= 11 is 0. The van der Waals surface area contributed by atoms with Crippen LogP contribution >= 0.6 is 0 Å². The van der Waals surface area contributed by atoms with E-state index in [2.05, 4.69) is 34.4 Å². The summed E-state index contributed by atoms with van der Waals surface area (Å²) in [6.07, 6.45) is -0.885. The quantitative estimate of drug-likeness (QED) is 0.543. The van der Waals surface area contributed by atoms with Crippen LogP contribution in [0.2, 0.25) is 0 Å². The van der Waals surface area contributed by atoms with E-state index in [0.29, 0.717) is 18.5 Å². The molecule has 3 rings (SSSR count). The maximum atomic E-state index is 12.7. The van der Waals surface area contributed by atoms with Crippen LogP contribution in [-0.4, -0.2) is 68.1 Å². The topological polar surface area (TPSA) is 42.9 Å². The fourth-order valence-corrected chi connectivity index (χ4v) is 4.13. The number of hydrogen-bond donors (Lipinski definition) is 2. The Kier molecular flexibility index (Phi) is 7.99. The van der Waals surface area contributed by atoms with E-state index in [1.807, 2.05) is 0 Å². The van der Waals surface area contributed by atoms with Crippen LogP contribution in [0, 0.1) is 5.92 Å². The molecule has 2 saturated heterocycles. The average Bonchev–Trinajstić information content (AvgIpc) is 3.14. The van der Waals surface area contributed by atoms with E-state index in [4.69, 9.17) is 4.99 Å². The van der Waals surface area contributed by atoms with Gasteiger partial charge in [-0.05, 0) is 69.9 Å². The summed E-state index contributed by atoms with van der Waals surface area (Å²) in [6.45, 7) is 8.48. The van der Waals surface area contributed by atoms with Gasteiger partial charge in [0, 0.05) is 38.8 Å². The normalized spacial score (nSPS) is 22.4. The fourth-order valence-electron chi connectivity index (χ4n) is 4.13. The van der Waals surface area contributed by atoms with Gasteiger partial charge >= 0.3 is 6.18 Å². The molecule has 2 heterocycles. The van der Waals surface area contributed by atoms with Crippen molar-refractivity contribution in [2.45, 2.75) is 44.9 Å². The molecule has 2 aliphatic heterocycles. The molecule has 5 nitrogen and oxygen atoms in total. The number of aliphatic imine (C=N–C) groups is 1. The van der Waals surface area contributed by atoms with Crippen molar-refractivity contribution in [1.29, 1.82) is 0 Å². The molecule has 1 atom stereocenters. The molecule has 2 fully saturated rings. The number of nitrogens with zero attached hydrogens (tertiary/aromatic N) is 3. The number of likely N-dealkylation sites (tertiary alicyclic amines) is 2. The second kappa shape index (κ2) is 10.5. The van der Waals surface area contributed by atoms with Crippen molar-refractivity contribution in [2.75, 3.05) is 46.3 Å². The van der Waals surface area contributed by atoms with Crippen molar-refractivity contribution in [1.82, 2.24) is 20.4 Å². The van der Waals surface area contributed by atoms with Gasteiger partial charge < -0.3 is 15.5 Å². The van der Waals surface area contributed by atoms with Gasteiger partial charge in [0.15, 0.2) is 5.96 Å². The van der Waals surface area contributed by atoms with Crippen molar-refractivity contribution in [2.24, 2.45) is 10.9 Å². The molecule has 30 heavy (non-hydrogen) atoms. The summed E-state index contributed by atoms with van der Waals surface area (Å²) in [6, 6.07) is 5.79. The lowest BCUT2D eigenvalue weighted by Crippen LogP contribution is -2.45. The number of halogens is 3. The lowest BCUT2D eigenvalue weighted by molar-refractivity contribution is -0.137. The number of alkyl halides is 3. The number of nitrogens with one attached hydrogen (secondary N) is 2. The second-order valence-electron chi connectivity index (χ2n) is 8.53. The molecule has 1 aromatic rings. The molecule has 1 unspecified atom stereocenters. The van der Waals surface area contributed by atoms with Crippen LogP contribution in [0.3, 0.4) is 0 Å². The first-order valence-electron chi connectivity index (χ1n) is 11.0. The lowest BCUT2D eigenvalue weighted by Gasteiger charge is -2.28. The zero-order valence-electron chi connectivity index (χ0n) is 18.0. The molecule has 0 saturated carbocycles. The molecule has 0 aliphatic carbocycles. The highest BCUT2D eigenvalue weighted by Crippen LogP contribution is 2.29. The molecule has 0 amide bonds. The van der Waals surface area contributed by atoms with Crippen molar-refractivity contribution in [3.05, 3.63) is 35.4 Å². The van der Waals surface area contributed by atoms with Gasteiger partial charge in [0.25, 0.3) is 0 Å². The molecule has 0 bridgehead atoms. The first-order chi connectivity index (χ1) is 14.3.